The van der Waals surface area contributed by atoms with Gasteiger partial charge in [-0.2, -0.15) is 0 Å². The largest absolute Gasteiger partial charge is 0.490 e. The molecule has 0 atom stereocenters. The molecule has 122 valence electrons. The Kier molecular flexibility index (Phi) is 5.28. The number of esters is 1. The number of rotatable bonds is 5. The molecule has 0 heterocycles. The molecular weight excluding hydrogens is 340 g/mol. The van der Waals surface area contributed by atoms with E-state index in [1.165, 1.54) is 18.2 Å². The van der Waals surface area contributed by atoms with E-state index in [0.29, 0.717) is 12.4 Å². The molecule has 2 aromatic rings. The van der Waals surface area contributed by atoms with Crippen LogP contribution in [0.25, 0.3) is 0 Å². The lowest BCUT2D eigenvalue weighted by molar-refractivity contribution is 0.0728. The molecule has 0 amide bonds. The fraction of sp³-hybridized carbons (Fsp3) is 0.188. The molecular formula is C16H15ClO5S. The molecule has 2 aromatic carbocycles. The number of hydrogen-bond acceptors (Lipinski definition) is 5. The van der Waals surface area contributed by atoms with Crippen LogP contribution in [0.1, 0.15) is 17.3 Å². The van der Waals surface area contributed by atoms with E-state index in [-0.39, 0.29) is 21.2 Å². The van der Waals surface area contributed by atoms with E-state index >= 15 is 0 Å². The number of para-hydroxylation sites is 2. The van der Waals surface area contributed by atoms with Crippen molar-refractivity contribution in [2.75, 3.05) is 12.9 Å². The van der Waals surface area contributed by atoms with Crippen LogP contribution in [0.5, 0.6) is 11.5 Å². The molecule has 0 saturated heterocycles. The van der Waals surface area contributed by atoms with Gasteiger partial charge < -0.3 is 9.47 Å². The minimum Gasteiger partial charge on any atom is -0.490 e. The van der Waals surface area contributed by atoms with Crippen molar-refractivity contribution in [3.8, 4) is 11.5 Å². The molecule has 0 spiro atoms. The molecule has 0 saturated carbocycles. The molecule has 5 nitrogen and oxygen atoms in total. The second kappa shape index (κ2) is 7.02. The van der Waals surface area contributed by atoms with E-state index in [1.807, 2.05) is 6.92 Å². The van der Waals surface area contributed by atoms with Gasteiger partial charge in [0, 0.05) is 6.26 Å². The van der Waals surface area contributed by atoms with Crippen LogP contribution >= 0.6 is 11.6 Å². The summed E-state index contributed by atoms with van der Waals surface area (Å²) in [6.45, 7) is 2.24. The zero-order chi connectivity index (χ0) is 17.0. The van der Waals surface area contributed by atoms with E-state index in [0.717, 1.165) is 6.26 Å². The van der Waals surface area contributed by atoms with Gasteiger partial charge in [0.2, 0.25) is 0 Å². The number of sulfone groups is 1. The smallest absolute Gasteiger partial charge is 0.343 e. The van der Waals surface area contributed by atoms with Crippen molar-refractivity contribution >= 4 is 27.4 Å². The standard InChI is InChI=1S/C16H15ClO5S/c1-3-21-13-6-4-5-7-14(13)22-16(18)11-8-9-12(17)15(10-11)23(2,19)20/h4-10H,3H2,1-2H3. The molecule has 0 radical (unpaired) electrons. The molecule has 0 unspecified atom stereocenters. The molecule has 0 aliphatic rings. The van der Waals surface area contributed by atoms with Gasteiger partial charge in [-0.3, -0.25) is 0 Å². The Morgan fingerprint density at radius 1 is 1.13 bits per heavy atom. The number of carbonyl (C=O) groups excluding carboxylic acids is 1. The summed E-state index contributed by atoms with van der Waals surface area (Å²) in [6.07, 6.45) is 1.02. The Balaban J connectivity index is 2.32. The van der Waals surface area contributed by atoms with Gasteiger partial charge in [-0.25, -0.2) is 13.2 Å². The number of benzene rings is 2. The van der Waals surface area contributed by atoms with Gasteiger partial charge in [0.05, 0.1) is 22.1 Å². The van der Waals surface area contributed by atoms with E-state index < -0.39 is 15.8 Å². The fourth-order valence-corrected chi connectivity index (χ4v) is 3.18. The average Bonchev–Trinajstić information content (AvgIpc) is 2.48. The highest BCUT2D eigenvalue weighted by Gasteiger charge is 2.18. The van der Waals surface area contributed by atoms with Crippen molar-refractivity contribution in [1.82, 2.24) is 0 Å². The summed E-state index contributed by atoms with van der Waals surface area (Å²) in [5, 5.41) is 0.0544. The molecule has 0 bridgehead atoms. The van der Waals surface area contributed by atoms with Crippen LogP contribution in [0, 0.1) is 0 Å². The number of ether oxygens (including phenoxy) is 2. The molecule has 7 heteroatoms. The van der Waals surface area contributed by atoms with Gasteiger partial charge in [-0.05, 0) is 37.3 Å². The summed E-state index contributed by atoms with van der Waals surface area (Å²) >= 11 is 5.86. The van der Waals surface area contributed by atoms with E-state index in [2.05, 4.69) is 0 Å². The summed E-state index contributed by atoms with van der Waals surface area (Å²) in [6, 6.07) is 10.7. The zero-order valence-electron chi connectivity index (χ0n) is 12.6. The second-order valence-electron chi connectivity index (χ2n) is 4.69. The third kappa shape index (κ3) is 4.24. The van der Waals surface area contributed by atoms with Crippen LogP contribution in [0.2, 0.25) is 5.02 Å². The van der Waals surface area contributed by atoms with Crippen molar-refractivity contribution in [3.05, 3.63) is 53.1 Å². The quantitative estimate of drug-likeness (QED) is 0.608. The summed E-state index contributed by atoms with van der Waals surface area (Å²) in [4.78, 5) is 12.1. The molecule has 0 fully saturated rings. The van der Waals surface area contributed by atoms with Crippen LogP contribution in [-0.2, 0) is 9.84 Å². The van der Waals surface area contributed by atoms with Crippen molar-refractivity contribution in [2.45, 2.75) is 11.8 Å². The average molecular weight is 355 g/mol. The maximum Gasteiger partial charge on any atom is 0.343 e. The first-order chi connectivity index (χ1) is 10.8. The first kappa shape index (κ1) is 17.3. The monoisotopic (exact) mass is 354 g/mol. The van der Waals surface area contributed by atoms with Gasteiger partial charge >= 0.3 is 5.97 Å². The lowest BCUT2D eigenvalue weighted by Gasteiger charge is -2.11. The maximum atomic E-state index is 12.2. The Morgan fingerprint density at radius 2 is 1.78 bits per heavy atom. The fourth-order valence-electron chi connectivity index (χ4n) is 1.88. The zero-order valence-corrected chi connectivity index (χ0v) is 14.1. The molecule has 0 aromatic heterocycles. The summed E-state index contributed by atoms with van der Waals surface area (Å²) in [7, 11) is -3.54. The minimum atomic E-state index is -3.54. The summed E-state index contributed by atoms with van der Waals surface area (Å²) in [5.41, 5.74) is 0.0844. The predicted molar refractivity (Wildman–Crippen MR) is 87.1 cm³/mol. The highest BCUT2D eigenvalue weighted by Crippen LogP contribution is 2.28. The molecule has 0 aliphatic heterocycles. The number of hydrogen-bond donors (Lipinski definition) is 0. The first-order valence-electron chi connectivity index (χ1n) is 6.76. The molecule has 0 N–H and O–H groups in total. The van der Waals surface area contributed by atoms with Crippen LogP contribution in [0.4, 0.5) is 0 Å². The van der Waals surface area contributed by atoms with Crippen molar-refractivity contribution < 1.29 is 22.7 Å². The van der Waals surface area contributed by atoms with Gasteiger partial charge in [-0.1, -0.05) is 23.7 Å². The highest BCUT2D eigenvalue weighted by atomic mass is 35.5. The SMILES string of the molecule is CCOc1ccccc1OC(=O)c1ccc(Cl)c(S(C)(=O)=O)c1. The minimum absolute atomic E-state index is 0.0544. The number of carbonyl (C=O) groups is 1. The van der Waals surface area contributed by atoms with Gasteiger partial charge in [-0.15, -0.1) is 0 Å². The van der Waals surface area contributed by atoms with Crippen LogP contribution in [-0.4, -0.2) is 27.2 Å². The van der Waals surface area contributed by atoms with E-state index in [1.54, 1.807) is 24.3 Å². The van der Waals surface area contributed by atoms with Crippen LogP contribution in [0.15, 0.2) is 47.4 Å². The Hall–Kier alpha value is -2.05. The van der Waals surface area contributed by atoms with Crippen molar-refractivity contribution in [1.29, 1.82) is 0 Å². The van der Waals surface area contributed by atoms with Crippen LogP contribution in [0.3, 0.4) is 0 Å². The second-order valence-corrected chi connectivity index (χ2v) is 7.08. The predicted octanol–water partition coefficient (Wildman–Crippen LogP) is 3.36. The topological polar surface area (TPSA) is 69.7 Å². The molecule has 2 rings (SSSR count). The summed E-state index contributed by atoms with van der Waals surface area (Å²) < 4.78 is 34.0. The lowest BCUT2D eigenvalue weighted by Crippen LogP contribution is -2.11. The first-order valence-corrected chi connectivity index (χ1v) is 9.03. The van der Waals surface area contributed by atoms with Gasteiger partial charge in [0.1, 0.15) is 0 Å². The lowest BCUT2D eigenvalue weighted by atomic mass is 10.2. The Bertz CT molecular complexity index is 830. The molecule has 23 heavy (non-hydrogen) atoms. The van der Waals surface area contributed by atoms with Gasteiger partial charge in [0.25, 0.3) is 0 Å². The highest BCUT2D eigenvalue weighted by molar-refractivity contribution is 7.90. The molecule has 0 aliphatic carbocycles. The van der Waals surface area contributed by atoms with Gasteiger partial charge in [0.15, 0.2) is 21.3 Å². The normalized spacial score (nSPS) is 11.1. The Morgan fingerprint density at radius 3 is 2.39 bits per heavy atom. The van der Waals surface area contributed by atoms with Crippen molar-refractivity contribution in [3.63, 3.8) is 0 Å². The van der Waals surface area contributed by atoms with Crippen LogP contribution < -0.4 is 9.47 Å². The maximum absolute atomic E-state index is 12.2. The third-order valence-corrected chi connectivity index (χ3v) is 4.50. The van der Waals surface area contributed by atoms with E-state index in [4.69, 9.17) is 21.1 Å². The number of halogens is 1. The third-order valence-electron chi connectivity index (χ3n) is 2.92. The summed E-state index contributed by atoms with van der Waals surface area (Å²) in [5.74, 6) is -0.00502. The van der Waals surface area contributed by atoms with E-state index in [9.17, 15) is 13.2 Å². The Labute approximate surface area is 139 Å². The van der Waals surface area contributed by atoms with Crippen molar-refractivity contribution in [2.24, 2.45) is 0 Å².